The monoisotopic (exact) mass is 397 g/mol. The maximum Gasteiger partial charge on any atom is 0.435 e. The van der Waals surface area contributed by atoms with E-state index in [4.69, 9.17) is 9.57 Å². The lowest BCUT2D eigenvalue weighted by Crippen LogP contribution is -2.24. The Morgan fingerprint density at radius 1 is 1.35 bits per heavy atom. The van der Waals surface area contributed by atoms with Crippen molar-refractivity contribution in [2.75, 3.05) is 6.61 Å². The molecular formula is C15H22F3N3O4S. The number of rotatable bonds is 5. The lowest BCUT2D eigenvalue weighted by molar-refractivity contribution is -0.141. The summed E-state index contributed by atoms with van der Waals surface area (Å²) in [5.74, 6) is -1.09. The molecule has 0 unspecified atom stereocenters. The number of halogens is 3. The van der Waals surface area contributed by atoms with Crippen molar-refractivity contribution < 1.29 is 31.2 Å². The molecule has 1 aliphatic rings. The van der Waals surface area contributed by atoms with Gasteiger partial charge in [0.25, 0.3) is 0 Å². The van der Waals surface area contributed by atoms with Gasteiger partial charge >= 0.3 is 6.18 Å². The van der Waals surface area contributed by atoms with Crippen LogP contribution in [0, 0.1) is 5.92 Å². The van der Waals surface area contributed by atoms with E-state index in [2.05, 4.69) is 10.3 Å². The Hall–Kier alpha value is -1.78. The second-order valence-corrected chi connectivity index (χ2v) is 9.22. The first-order valence-corrected chi connectivity index (χ1v) is 9.62. The normalized spacial score (nSPS) is 17.3. The van der Waals surface area contributed by atoms with Crippen LogP contribution in [-0.4, -0.2) is 35.4 Å². The first-order chi connectivity index (χ1) is 11.7. The molecule has 0 N–H and O–H groups in total. The molecule has 0 aromatic carbocycles. The van der Waals surface area contributed by atoms with E-state index in [1.165, 1.54) is 7.05 Å². The summed E-state index contributed by atoms with van der Waals surface area (Å²) < 4.78 is 71.5. The van der Waals surface area contributed by atoms with Gasteiger partial charge in [0.15, 0.2) is 20.6 Å². The van der Waals surface area contributed by atoms with Crippen LogP contribution in [0.25, 0.3) is 0 Å². The fraction of sp³-hybridized carbons (Fsp3) is 0.733. The van der Waals surface area contributed by atoms with Crippen molar-refractivity contribution in [3.8, 4) is 5.88 Å². The van der Waals surface area contributed by atoms with Crippen molar-refractivity contribution >= 4 is 14.9 Å². The van der Waals surface area contributed by atoms with Gasteiger partial charge in [-0.1, -0.05) is 19.0 Å². The summed E-state index contributed by atoms with van der Waals surface area (Å²) in [6.07, 6.45) is -4.82. The van der Waals surface area contributed by atoms with Gasteiger partial charge in [-0.3, -0.25) is 0 Å². The van der Waals surface area contributed by atoms with Crippen LogP contribution >= 0.6 is 0 Å². The van der Waals surface area contributed by atoms with E-state index >= 15 is 0 Å². The van der Waals surface area contributed by atoms with Crippen LogP contribution in [0.3, 0.4) is 0 Å². The number of hydrogen-bond donors (Lipinski definition) is 0. The van der Waals surface area contributed by atoms with E-state index in [9.17, 15) is 21.6 Å². The lowest BCUT2D eigenvalue weighted by Gasteiger charge is -2.14. The second kappa shape index (κ2) is 6.75. The summed E-state index contributed by atoms with van der Waals surface area (Å²) in [4.78, 5) is 5.02. The highest BCUT2D eigenvalue weighted by Gasteiger charge is 2.43. The van der Waals surface area contributed by atoms with Crippen LogP contribution in [0.5, 0.6) is 5.88 Å². The highest BCUT2D eigenvalue weighted by Crippen LogP contribution is 2.37. The quantitative estimate of drug-likeness (QED) is 0.763. The standard InChI is InChI=1S/C15H22F3N3O4S/c1-9(2)7-24-13-10(12(15(16,17)18)19-21(13)5)8-26(22,23)11-6-14(3,4)25-20-11/h9H,6-8H2,1-5H3. The summed E-state index contributed by atoms with van der Waals surface area (Å²) in [6.45, 7) is 7.05. The molecule has 0 aliphatic carbocycles. The van der Waals surface area contributed by atoms with E-state index in [0.29, 0.717) is 0 Å². The topological polar surface area (TPSA) is 82.8 Å². The number of ether oxygens (including phenoxy) is 1. The van der Waals surface area contributed by atoms with E-state index in [-0.39, 0.29) is 29.9 Å². The molecule has 1 aromatic heterocycles. The molecule has 1 aliphatic heterocycles. The van der Waals surface area contributed by atoms with Gasteiger partial charge in [0.1, 0.15) is 5.60 Å². The van der Waals surface area contributed by atoms with E-state index < -0.39 is 38.6 Å². The number of aromatic nitrogens is 2. The predicted molar refractivity (Wildman–Crippen MR) is 88.4 cm³/mol. The van der Waals surface area contributed by atoms with Crippen molar-refractivity contribution in [2.45, 2.75) is 51.6 Å². The Balaban J connectivity index is 2.43. The Morgan fingerprint density at radius 2 is 1.96 bits per heavy atom. The van der Waals surface area contributed by atoms with E-state index in [1.54, 1.807) is 13.8 Å². The maximum absolute atomic E-state index is 13.3. The number of sulfone groups is 1. The van der Waals surface area contributed by atoms with Crippen molar-refractivity contribution in [2.24, 2.45) is 18.1 Å². The molecule has 0 bridgehead atoms. The molecule has 26 heavy (non-hydrogen) atoms. The highest BCUT2D eigenvalue weighted by molar-refractivity contribution is 8.05. The summed E-state index contributed by atoms with van der Waals surface area (Å²) in [5.41, 5.74) is -2.62. The molecule has 0 atom stereocenters. The molecule has 0 fully saturated rings. The second-order valence-electron chi connectivity index (χ2n) is 7.23. The van der Waals surface area contributed by atoms with E-state index in [1.807, 2.05) is 13.8 Å². The van der Waals surface area contributed by atoms with Gasteiger partial charge in [0.05, 0.1) is 17.9 Å². The molecule has 0 saturated carbocycles. The number of oxime groups is 1. The van der Waals surface area contributed by atoms with Crippen LogP contribution in [-0.2, 0) is 33.7 Å². The molecule has 148 valence electrons. The number of aryl methyl sites for hydroxylation is 1. The molecule has 7 nitrogen and oxygen atoms in total. The number of nitrogens with zero attached hydrogens (tertiary/aromatic N) is 3. The Kier molecular flexibility index (Phi) is 5.33. The SMILES string of the molecule is CC(C)COc1c(CS(=O)(=O)C2=NOC(C)(C)C2)c(C(F)(F)F)nn1C. The minimum Gasteiger partial charge on any atom is -0.477 e. The summed E-state index contributed by atoms with van der Waals surface area (Å²) >= 11 is 0. The molecular weight excluding hydrogens is 375 g/mol. The van der Waals surface area contributed by atoms with Gasteiger partial charge in [-0.25, -0.2) is 13.1 Å². The van der Waals surface area contributed by atoms with Crippen LogP contribution in [0.2, 0.25) is 0 Å². The molecule has 11 heteroatoms. The largest absolute Gasteiger partial charge is 0.477 e. The van der Waals surface area contributed by atoms with Crippen LogP contribution in [0.1, 0.15) is 45.4 Å². The summed E-state index contributed by atoms with van der Waals surface area (Å²) in [5, 5.41) is 6.69. The lowest BCUT2D eigenvalue weighted by atomic mass is 10.1. The molecule has 1 aromatic rings. The minimum atomic E-state index is -4.81. The average Bonchev–Trinajstić information content (AvgIpc) is 2.97. The van der Waals surface area contributed by atoms with Gasteiger partial charge < -0.3 is 9.57 Å². The zero-order valence-electron chi connectivity index (χ0n) is 15.2. The van der Waals surface area contributed by atoms with Gasteiger partial charge in [-0.05, 0) is 19.8 Å². The Morgan fingerprint density at radius 3 is 2.42 bits per heavy atom. The third kappa shape index (κ3) is 4.49. The minimum absolute atomic E-state index is 0.0148. The van der Waals surface area contributed by atoms with Gasteiger partial charge in [0, 0.05) is 13.5 Å². The maximum atomic E-state index is 13.3. The first kappa shape index (κ1) is 20.5. The van der Waals surface area contributed by atoms with Crippen LogP contribution in [0.15, 0.2) is 5.16 Å². The summed E-state index contributed by atoms with van der Waals surface area (Å²) in [7, 11) is -2.84. The molecule has 0 radical (unpaired) electrons. The zero-order valence-corrected chi connectivity index (χ0v) is 16.0. The number of hydrogen-bond acceptors (Lipinski definition) is 6. The highest BCUT2D eigenvalue weighted by atomic mass is 32.2. The van der Waals surface area contributed by atoms with E-state index in [0.717, 1.165) is 4.68 Å². The van der Waals surface area contributed by atoms with Crippen LogP contribution in [0.4, 0.5) is 13.2 Å². The smallest absolute Gasteiger partial charge is 0.435 e. The third-order valence-electron chi connectivity index (χ3n) is 3.57. The van der Waals surface area contributed by atoms with Crippen molar-refractivity contribution in [1.82, 2.24) is 9.78 Å². The van der Waals surface area contributed by atoms with Crippen molar-refractivity contribution in [3.63, 3.8) is 0 Å². The Labute approximate surface area is 150 Å². The van der Waals surface area contributed by atoms with Gasteiger partial charge in [0.2, 0.25) is 5.88 Å². The average molecular weight is 397 g/mol. The molecule has 0 saturated heterocycles. The zero-order chi connectivity index (χ0) is 19.9. The Bertz CT molecular complexity index is 811. The third-order valence-corrected chi connectivity index (χ3v) is 5.18. The van der Waals surface area contributed by atoms with Crippen molar-refractivity contribution in [1.29, 1.82) is 0 Å². The molecule has 2 rings (SSSR count). The van der Waals surface area contributed by atoms with Crippen LogP contribution < -0.4 is 4.74 Å². The molecule has 2 heterocycles. The molecule has 0 amide bonds. The molecule has 0 spiro atoms. The van der Waals surface area contributed by atoms with Gasteiger partial charge in [-0.15, -0.1) is 0 Å². The first-order valence-electron chi connectivity index (χ1n) is 7.96. The predicted octanol–water partition coefficient (Wildman–Crippen LogP) is 2.90. The van der Waals surface area contributed by atoms with Gasteiger partial charge in [-0.2, -0.15) is 18.3 Å². The van der Waals surface area contributed by atoms with Crippen molar-refractivity contribution in [3.05, 3.63) is 11.3 Å². The summed E-state index contributed by atoms with van der Waals surface area (Å²) in [6, 6.07) is 0. The number of alkyl halides is 3. The fourth-order valence-corrected chi connectivity index (χ4v) is 3.90. The fourth-order valence-electron chi connectivity index (χ4n) is 2.38.